The quantitative estimate of drug-likeness (QED) is 0.819. The van der Waals surface area contributed by atoms with E-state index in [4.69, 9.17) is 0 Å². The summed E-state index contributed by atoms with van der Waals surface area (Å²) in [5.74, 6) is -1.18. The van der Waals surface area contributed by atoms with Crippen molar-refractivity contribution in [1.29, 1.82) is 0 Å². The van der Waals surface area contributed by atoms with Crippen molar-refractivity contribution in [3.05, 3.63) is 0 Å². The molecular weight excluding hydrogens is 281 g/mol. The number of halogens is 3. The molecule has 0 radical (unpaired) electrons. The van der Waals surface area contributed by atoms with Gasteiger partial charge in [0, 0.05) is 19.1 Å². The minimum atomic E-state index is -4.08. The summed E-state index contributed by atoms with van der Waals surface area (Å²) in [5.41, 5.74) is 0. The van der Waals surface area contributed by atoms with Crippen LogP contribution >= 0.6 is 0 Å². The molecule has 0 bridgehead atoms. The summed E-state index contributed by atoms with van der Waals surface area (Å²) in [7, 11) is 0. The van der Waals surface area contributed by atoms with Gasteiger partial charge in [-0.2, -0.15) is 13.2 Å². The predicted octanol–water partition coefficient (Wildman–Crippen LogP) is 2.54. The summed E-state index contributed by atoms with van der Waals surface area (Å²) in [5, 5.41) is 13.2. The van der Waals surface area contributed by atoms with Crippen LogP contribution in [0.3, 0.4) is 0 Å². The van der Waals surface area contributed by atoms with Crippen molar-refractivity contribution >= 4 is 0 Å². The molecule has 1 aliphatic carbocycles. The minimum Gasteiger partial charge on any atom is -0.390 e. The van der Waals surface area contributed by atoms with Gasteiger partial charge in [-0.05, 0) is 45.2 Å². The molecule has 3 atom stereocenters. The first-order valence-electron chi connectivity index (χ1n) is 8.15. The SMILES string of the molecule is O[C@H](CN[C@@H]1CCC[C@H](C(F)(F)F)C1)CN1CCCCC1. The van der Waals surface area contributed by atoms with E-state index in [-0.39, 0.29) is 18.9 Å². The number of likely N-dealkylation sites (tertiary alicyclic amines) is 1. The van der Waals surface area contributed by atoms with Crippen LogP contribution in [0.1, 0.15) is 44.9 Å². The number of piperidine rings is 1. The lowest BCUT2D eigenvalue weighted by molar-refractivity contribution is -0.183. The third kappa shape index (κ3) is 5.75. The van der Waals surface area contributed by atoms with Gasteiger partial charge < -0.3 is 15.3 Å². The van der Waals surface area contributed by atoms with E-state index in [1.807, 2.05) is 0 Å². The zero-order valence-corrected chi connectivity index (χ0v) is 12.5. The Morgan fingerprint density at radius 2 is 1.81 bits per heavy atom. The van der Waals surface area contributed by atoms with E-state index in [9.17, 15) is 18.3 Å². The molecule has 0 amide bonds. The molecule has 0 aromatic heterocycles. The molecule has 1 saturated carbocycles. The second-order valence-electron chi connectivity index (χ2n) is 6.53. The molecule has 21 heavy (non-hydrogen) atoms. The lowest BCUT2D eigenvalue weighted by Gasteiger charge is -2.33. The fourth-order valence-corrected chi connectivity index (χ4v) is 3.48. The van der Waals surface area contributed by atoms with Crippen LogP contribution in [0.5, 0.6) is 0 Å². The number of nitrogens with zero attached hydrogens (tertiary/aromatic N) is 1. The topological polar surface area (TPSA) is 35.5 Å². The Morgan fingerprint density at radius 3 is 2.48 bits per heavy atom. The number of aliphatic hydroxyl groups excluding tert-OH is 1. The highest BCUT2D eigenvalue weighted by Crippen LogP contribution is 2.37. The molecule has 2 aliphatic rings. The number of aliphatic hydroxyl groups is 1. The van der Waals surface area contributed by atoms with Gasteiger partial charge >= 0.3 is 6.18 Å². The highest BCUT2D eigenvalue weighted by atomic mass is 19.4. The average Bonchev–Trinajstić information content (AvgIpc) is 2.46. The van der Waals surface area contributed by atoms with Crippen molar-refractivity contribution in [2.24, 2.45) is 5.92 Å². The molecule has 2 rings (SSSR count). The summed E-state index contributed by atoms with van der Waals surface area (Å²) in [6.45, 7) is 3.07. The maximum atomic E-state index is 12.7. The summed E-state index contributed by atoms with van der Waals surface area (Å²) >= 11 is 0. The van der Waals surface area contributed by atoms with Gasteiger partial charge in [0.15, 0.2) is 0 Å². The van der Waals surface area contributed by atoms with E-state index < -0.39 is 18.2 Å². The molecule has 2 N–H and O–H groups in total. The number of alkyl halides is 3. The first-order chi connectivity index (χ1) is 9.95. The Hall–Kier alpha value is -0.330. The number of hydrogen-bond acceptors (Lipinski definition) is 3. The van der Waals surface area contributed by atoms with Crippen LogP contribution in [0.2, 0.25) is 0 Å². The molecule has 1 heterocycles. The van der Waals surface area contributed by atoms with E-state index in [1.165, 1.54) is 19.3 Å². The second kappa shape index (κ2) is 7.79. The average molecular weight is 308 g/mol. The summed E-state index contributed by atoms with van der Waals surface area (Å²) in [6, 6.07) is -0.110. The first-order valence-corrected chi connectivity index (χ1v) is 8.15. The van der Waals surface area contributed by atoms with Gasteiger partial charge in [-0.15, -0.1) is 0 Å². The third-order valence-corrected chi connectivity index (χ3v) is 4.70. The molecule has 0 aromatic rings. The molecule has 1 aliphatic heterocycles. The van der Waals surface area contributed by atoms with Crippen molar-refractivity contribution in [2.75, 3.05) is 26.2 Å². The van der Waals surface area contributed by atoms with Crippen LogP contribution in [-0.2, 0) is 0 Å². The van der Waals surface area contributed by atoms with Crippen LogP contribution in [0.25, 0.3) is 0 Å². The molecule has 124 valence electrons. The number of rotatable bonds is 5. The van der Waals surface area contributed by atoms with Crippen LogP contribution in [-0.4, -0.2) is 54.5 Å². The Morgan fingerprint density at radius 1 is 1.10 bits per heavy atom. The van der Waals surface area contributed by atoms with E-state index >= 15 is 0 Å². The maximum Gasteiger partial charge on any atom is 0.391 e. The predicted molar refractivity (Wildman–Crippen MR) is 76.1 cm³/mol. The lowest BCUT2D eigenvalue weighted by atomic mass is 9.85. The molecule has 0 unspecified atom stereocenters. The van der Waals surface area contributed by atoms with E-state index in [0.29, 0.717) is 19.5 Å². The first kappa shape index (κ1) is 17.0. The van der Waals surface area contributed by atoms with Crippen LogP contribution in [0.15, 0.2) is 0 Å². The lowest BCUT2D eigenvalue weighted by Crippen LogP contribution is -2.45. The van der Waals surface area contributed by atoms with Crippen molar-refractivity contribution in [3.8, 4) is 0 Å². The Bertz CT molecular complexity index is 306. The fourth-order valence-electron chi connectivity index (χ4n) is 3.48. The second-order valence-corrected chi connectivity index (χ2v) is 6.53. The Labute approximate surface area is 124 Å². The Balaban J connectivity index is 1.67. The molecule has 3 nitrogen and oxygen atoms in total. The van der Waals surface area contributed by atoms with Crippen LogP contribution in [0, 0.1) is 5.92 Å². The maximum absolute atomic E-state index is 12.7. The zero-order valence-electron chi connectivity index (χ0n) is 12.5. The normalized spacial score (nSPS) is 30.3. The molecule has 0 aromatic carbocycles. The van der Waals surface area contributed by atoms with E-state index in [0.717, 1.165) is 19.5 Å². The Kier molecular flexibility index (Phi) is 6.32. The van der Waals surface area contributed by atoms with Crippen molar-refractivity contribution in [2.45, 2.75) is 63.3 Å². The molecular formula is C15H27F3N2O. The minimum absolute atomic E-state index is 0.110. The van der Waals surface area contributed by atoms with Crippen LogP contribution in [0.4, 0.5) is 13.2 Å². The van der Waals surface area contributed by atoms with Gasteiger partial charge in [0.25, 0.3) is 0 Å². The standard InChI is InChI=1S/C15H27F3N2O/c16-15(17,18)12-5-4-6-13(9-12)19-10-14(21)11-20-7-2-1-3-8-20/h12-14,19,21H,1-11H2/t12-,13+,14+/m0/s1. The van der Waals surface area contributed by atoms with Gasteiger partial charge in [-0.25, -0.2) is 0 Å². The summed E-state index contributed by atoms with van der Waals surface area (Å²) in [4.78, 5) is 2.25. The largest absolute Gasteiger partial charge is 0.391 e. The third-order valence-electron chi connectivity index (χ3n) is 4.70. The van der Waals surface area contributed by atoms with Crippen molar-refractivity contribution < 1.29 is 18.3 Å². The van der Waals surface area contributed by atoms with Gasteiger partial charge in [0.2, 0.25) is 0 Å². The summed E-state index contributed by atoms with van der Waals surface area (Å²) in [6.07, 6.45) is 0.838. The highest BCUT2D eigenvalue weighted by molar-refractivity contribution is 4.82. The van der Waals surface area contributed by atoms with E-state index in [1.54, 1.807) is 0 Å². The van der Waals surface area contributed by atoms with Gasteiger partial charge in [-0.1, -0.05) is 12.8 Å². The van der Waals surface area contributed by atoms with Crippen LogP contribution < -0.4 is 5.32 Å². The molecule has 1 saturated heterocycles. The van der Waals surface area contributed by atoms with Crippen molar-refractivity contribution in [3.63, 3.8) is 0 Å². The number of nitrogens with one attached hydrogen (secondary N) is 1. The number of β-amino-alcohol motifs (C(OH)–C–C–N with tert-alkyl or cyclic N) is 1. The smallest absolute Gasteiger partial charge is 0.390 e. The van der Waals surface area contributed by atoms with Gasteiger partial charge in [0.05, 0.1) is 12.0 Å². The van der Waals surface area contributed by atoms with Crippen molar-refractivity contribution in [1.82, 2.24) is 10.2 Å². The number of hydrogen-bond donors (Lipinski definition) is 2. The molecule has 0 spiro atoms. The molecule has 6 heteroatoms. The van der Waals surface area contributed by atoms with Gasteiger partial charge in [0.1, 0.15) is 0 Å². The fraction of sp³-hybridized carbons (Fsp3) is 1.00. The summed E-state index contributed by atoms with van der Waals surface area (Å²) < 4.78 is 38.2. The highest BCUT2D eigenvalue weighted by Gasteiger charge is 2.42. The van der Waals surface area contributed by atoms with E-state index in [2.05, 4.69) is 10.2 Å². The molecule has 2 fully saturated rings. The monoisotopic (exact) mass is 308 g/mol. The zero-order chi connectivity index (χ0) is 15.3. The van der Waals surface area contributed by atoms with Gasteiger partial charge in [-0.3, -0.25) is 0 Å².